The smallest absolute Gasteiger partial charge is 0.335 e. The molecular weight excluding hydrogens is 500 g/mol. The van der Waals surface area contributed by atoms with Crippen LogP contribution in [0, 0.1) is 6.92 Å². The lowest BCUT2D eigenvalue weighted by Crippen LogP contribution is -2.32. The summed E-state index contributed by atoms with van der Waals surface area (Å²) in [5.74, 6) is 0.306. The van der Waals surface area contributed by atoms with Crippen LogP contribution in [0.5, 0.6) is 0 Å². The third kappa shape index (κ3) is 4.44. The maximum Gasteiger partial charge on any atom is 0.335 e. The van der Waals surface area contributed by atoms with E-state index in [1.165, 1.54) is 11.3 Å². The lowest BCUT2D eigenvalue weighted by atomic mass is 9.79. The normalized spacial score (nSPS) is 16.7. The minimum absolute atomic E-state index is 0.224. The Bertz CT molecular complexity index is 1650. The monoisotopic (exact) mass is 524 g/mol. The largest absolute Gasteiger partial charge is 0.478 e. The minimum atomic E-state index is -1.27. The van der Waals surface area contributed by atoms with Gasteiger partial charge in [-0.15, -0.1) is 11.3 Å². The number of aromatic carboxylic acids is 1. The SMILES string of the molecule is Cc1cc(Nc2cc(-n3cccn3)ccn2)nc(-c2cnc([C@]3(O)CCCc4cc(C(=O)O)ccc43)s2)c1. The summed E-state index contributed by atoms with van der Waals surface area (Å²) < 4.78 is 1.76. The number of aliphatic hydroxyl groups is 1. The Balaban J connectivity index is 1.30. The molecule has 0 spiro atoms. The molecule has 9 nitrogen and oxygen atoms in total. The van der Waals surface area contributed by atoms with Crippen molar-refractivity contribution in [3.8, 4) is 16.3 Å². The van der Waals surface area contributed by atoms with Gasteiger partial charge in [-0.25, -0.2) is 24.4 Å². The summed E-state index contributed by atoms with van der Waals surface area (Å²) in [6.07, 6.45) is 9.03. The van der Waals surface area contributed by atoms with Crippen LogP contribution in [0.3, 0.4) is 0 Å². The van der Waals surface area contributed by atoms with Gasteiger partial charge >= 0.3 is 5.97 Å². The van der Waals surface area contributed by atoms with E-state index in [-0.39, 0.29) is 5.56 Å². The molecule has 1 atom stereocenters. The van der Waals surface area contributed by atoms with Crippen LogP contribution >= 0.6 is 11.3 Å². The first kappa shape index (κ1) is 24.0. The van der Waals surface area contributed by atoms with Gasteiger partial charge in [0.05, 0.1) is 21.8 Å². The van der Waals surface area contributed by atoms with Gasteiger partial charge in [0.15, 0.2) is 0 Å². The van der Waals surface area contributed by atoms with Crippen LogP contribution in [-0.2, 0) is 12.0 Å². The number of nitrogens with one attached hydrogen (secondary N) is 1. The zero-order valence-corrected chi connectivity index (χ0v) is 21.3. The Morgan fingerprint density at radius 2 is 2.00 bits per heavy atom. The van der Waals surface area contributed by atoms with Gasteiger partial charge in [-0.2, -0.15) is 5.10 Å². The van der Waals surface area contributed by atoms with E-state index in [4.69, 9.17) is 4.98 Å². The van der Waals surface area contributed by atoms with Crippen molar-refractivity contribution in [1.29, 1.82) is 0 Å². The first-order chi connectivity index (χ1) is 18.4. The summed E-state index contributed by atoms with van der Waals surface area (Å²) in [7, 11) is 0. The number of aryl methyl sites for hydroxylation is 2. The molecule has 10 heteroatoms. The number of pyridine rings is 2. The van der Waals surface area contributed by atoms with Crippen molar-refractivity contribution in [2.75, 3.05) is 5.32 Å². The zero-order valence-electron chi connectivity index (χ0n) is 20.5. The van der Waals surface area contributed by atoms with Crippen molar-refractivity contribution in [3.63, 3.8) is 0 Å². The van der Waals surface area contributed by atoms with E-state index < -0.39 is 11.6 Å². The molecule has 0 saturated carbocycles. The Morgan fingerprint density at radius 3 is 2.82 bits per heavy atom. The highest BCUT2D eigenvalue weighted by atomic mass is 32.1. The van der Waals surface area contributed by atoms with Gasteiger partial charge in [-0.3, -0.25) is 0 Å². The van der Waals surface area contributed by atoms with Crippen LogP contribution in [0.25, 0.3) is 16.3 Å². The van der Waals surface area contributed by atoms with Crippen LogP contribution in [-0.4, -0.2) is 40.9 Å². The number of rotatable bonds is 6. The molecule has 38 heavy (non-hydrogen) atoms. The van der Waals surface area contributed by atoms with Crippen LogP contribution in [0.1, 0.15) is 44.9 Å². The standard InChI is InChI=1S/C28H24N6O3S/c1-17-12-22(32-25(13-17)33-24-15-20(7-10-29-24)34-11-3-9-31-34)23-16-30-27(38-23)28(37)8-2-4-18-14-19(26(35)36)5-6-21(18)28/h3,5-7,9-16,37H,2,4,8H2,1H3,(H,35,36)(H,29,32,33)/t28-/m0/s1. The van der Waals surface area contributed by atoms with Gasteiger partial charge in [-0.05, 0) is 79.3 Å². The predicted molar refractivity (Wildman–Crippen MR) is 144 cm³/mol. The second kappa shape index (κ2) is 9.47. The molecule has 0 amide bonds. The molecule has 0 radical (unpaired) electrons. The van der Waals surface area contributed by atoms with Gasteiger partial charge in [0.1, 0.15) is 22.2 Å². The Labute approximate surface area is 222 Å². The Morgan fingerprint density at radius 1 is 1.11 bits per heavy atom. The van der Waals surface area contributed by atoms with E-state index in [2.05, 4.69) is 20.4 Å². The first-order valence-electron chi connectivity index (χ1n) is 12.2. The molecule has 4 aromatic heterocycles. The second-order valence-corrected chi connectivity index (χ2v) is 10.3. The zero-order chi connectivity index (χ0) is 26.3. The van der Waals surface area contributed by atoms with Crippen LogP contribution in [0.2, 0.25) is 0 Å². The number of hydrogen-bond acceptors (Lipinski definition) is 8. The third-order valence-corrected chi connectivity index (χ3v) is 7.80. The first-order valence-corrected chi connectivity index (χ1v) is 13.0. The summed E-state index contributed by atoms with van der Waals surface area (Å²) in [5.41, 5.74) is 3.15. The van der Waals surface area contributed by atoms with Gasteiger partial charge in [-0.1, -0.05) is 6.07 Å². The summed E-state index contributed by atoms with van der Waals surface area (Å²) in [6.45, 7) is 2.00. The van der Waals surface area contributed by atoms with Crippen molar-refractivity contribution < 1.29 is 15.0 Å². The maximum atomic E-state index is 11.7. The molecule has 0 unspecified atom stereocenters. The van der Waals surface area contributed by atoms with E-state index in [0.29, 0.717) is 23.1 Å². The lowest BCUT2D eigenvalue weighted by Gasteiger charge is -2.33. The molecular formula is C28H24N6O3S. The molecule has 5 aromatic rings. The molecule has 1 aliphatic rings. The van der Waals surface area contributed by atoms with Gasteiger partial charge in [0.25, 0.3) is 0 Å². The molecule has 0 aliphatic heterocycles. The van der Waals surface area contributed by atoms with Gasteiger partial charge < -0.3 is 15.5 Å². The van der Waals surface area contributed by atoms with Crippen LogP contribution in [0.15, 0.2) is 73.3 Å². The van der Waals surface area contributed by atoms with E-state index in [1.54, 1.807) is 41.5 Å². The second-order valence-electron chi connectivity index (χ2n) is 9.31. The number of fused-ring (bicyclic) bond motifs is 1. The number of carboxylic acid groups (broad SMARTS) is 1. The number of hydrogen-bond donors (Lipinski definition) is 3. The summed E-state index contributed by atoms with van der Waals surface area (Å²) >= 11 is 1.39. The molecule has 190 valence electrons. The van der Waals surface area contributed by atoms with E-state index in [0.717, 1.165) is 45.8 Å². The number of thiazole rings is 1. The number of aromatic nitrogens is 5. The highest BCUT2D eigenvalue weighted by Crippen LogP contribution is 2.43. The number of carboxylic acids is 1. The molecule has 3 N–H and O–H groups in total. The van der Waals surface area contributed by atoms with Gasteiger partial charge in [0, 0.05) is 30.9 Å². The van der Waals surface area contributed by atoms with Crippen LogP contribution in [0.4, 0.5) is 11.6 Å². The molecule has 1 aromatic carbocycles. The Kier molecular flexibility index (Phi) is 5.97. The molecule has 0 bridgehead atoms. The van der Waals surface area contributed by atoms with Gasteiger partial charge in [0.2, 0.25) is 0 Å². The average Bonchev–Trinajstić information content (AvgIpc) is 3.62. The van der Waals surface area contributed by atoms with Crippen LogP contribution < -0.4 is 5.32 Å². The Hall–Kier alpha value is -4.41. The molecule has 4 heterocycles. The minimum Gasteiger partial charge on any atom is -0.478 e. The van der Waals surface area contributed by atoms with E-state index in [1.807, 2.05) is 43.5 Å². The third-order valence-electron chi connectivity index (χ3n) is 6.63. The van der Waals surface area contributed by atoms with E-state index >= 15 is 0 Å². The van der Waals surface area contributed by atoms with Crippen molar-refractivity contribution in [3.05, 3.63) is 101 Å². The fraction of sp³-hybridized carbons (Fsp3) is 0.179. The number of nitrogens with zero attached hydrogens (tertiary/aromatic N) is 5. The predicted octanol–water partition coefficient (Wildman–Crippen LogP) is 5.11. The average molecular weight is 525 g/mol. The molecule has 0 fully saturated rings. The topological polar surface area (TPSA) is 126 Å². The van der Waals surface area contributed by atoms with Crippen molar-refractivity contribution in [2.45, 2.75) is 31.8 Å². The highest BCUT2D eigenvalue weighted by Gasteiger charge is 2.39. The van der Waals surface area contributed by atoms with Crippen molar-refractivity contribution >= 4 is 28.9 Å². The van der Waals surface area contributed by atoms with Crippen molar-refractivity contribution in [2.24, 2.45) is 0 Å². The van der Waals surface area contributed by atoms with E-state index in [9.17, 15) is 15.0 Å². The highest BCUT2D eigenvalue weighted by molar-refractivity contribution is 7.15. The quantitative estimate of drug-likeness (QED) is 0.280. The lowest BCUT2D eigenvalue weighted by molar-refractivity contribution is 0.0607. The van der Waals surface area contributed by atoms with Crippen molar-refractivity contribution in [1.82, 2.24) is 24.7 Å². The molecule has 6 rings (SSSR count). The fourth-order valence-corrected chi connectivity index (χ4v) is 5.86. The number of benzene rings is 1. The number of carbonyl (C=O) groups is 1. The molecule has 0 saturated heterocycles. The number of anilines is 2. The summed E-state index contributed by atoms with van der Waals surface area (Å²) in [6, 6.07) is 14.5. The maximum absolute atomic E-state index is 11.7. The summed E-state index contributed by atoms with van der Waals surface area (Å²) in [5, 5.41) is 29.2. The fourth-order valence-electron chi connectivity index (χ4n) is 4.85. The summed E-state index contributed by atoms with van der Waals surface area (Å²) in [4.78, 5) is 26.1. The molecule has 1 aliphatic carbocycles.